The monoisotopic (exact) mass is 367 g/mol. The van der Waals surface area contributed by atoms with Crippen LogP contribution in [0.15, 0.2) is 46.6 Å². The van der Waals surface area contributed by atoms with Crippen molar-refractivity contribution >= 4 is 23.1 Å². The van der Waals surface area contributed by atoms with E-state index in [4.69, 9.17) is 14.2 Å². The molecule has 0 bridgehead atoms. The standard InChI is InChI=1S/C18H13N3O6/c1-25-18(22)14-6-11-7-15-16(27-9-26-15)8-13(11)17(20-19-14)10-2-4-12(5-3-10)21(23)24/h2-5,7-8H,6,9H2,1H3. The van der Waals surface area contributed by atoms with Gasteiger partial charge in [0, 0.05) is 29.7 Å². The van der Waals surface area contributed by atoms with Crippen molar-refractivity contribution < 1.29 is 23.9 Å². The maximum atomic E-state index is 12.0. The van der Waals surface area contributed by atoms with E-state index in [1.807, 2.05) is 0 Å². The number of nitrogens with zero attached hydrogens (tertiary/aromatic N) is 3. The fourth-order valence-electron chi connectivity index (χ4n) is 2.92. The first-order valence-corrected chi connectivity index (χ1v) is 7.97. The molecular formula is C18H13N3O6. The van der Waals surface area contributed by atoms with Gasteiger partial charge in [0.05, 0.1) is 12.0 Å². The number of nitro benzene ring substituents is 1. The number of benzene rings is 2. The number of esters is 1. The molecular weight excluding hydrogens is 354 g/mol. The molecule has 2 aliphatic rings. The van der Waals surface area contributed by atoms with Gasteiger partial charge in [-0.1, -0.05) is 0 Å². The van der Waals surface area contributed by atoms with Crippen LogP contribution in [0.2, 0.25) is 0 Å². The summed E-state index contributed by atoms with van der Waals surface area (Å²) in [6.07, 6.45) is 0.207. The zero-order valence-corrected chi connectivity index (χ0v) is 14.2. The maximum Gasteiger partial charge on any atom is 0.354 e. The fourth-order valence-corrected chi connectivity index (χ4v) is 2.92. The van der Waals surface area contributed by atoms with Crippen LogP contribution in [0.4, 0.5) is 5.69 Å². The van der Waals surface area contributed by atoms with E-state index in [9.17, 15) is 14.9 Å². The Morgan fingerprint density at radius 1 is 1.15 bits per heavy atom. The van der Waals surface area contributed by atoms with Crippen LogP contribution in [0.5, 0.6) is 11.5 Å². The highest BCUT2D eigenvalue weighted by molar-refractivity contribution is 6.37. The molecule has 0 saturated heterocycles. The minimum Gasteiger partial charge on any atom is -0.464 e. The Labute approximate surface area is 153 Å². The van der Waals surface area contributed by atoms with Crippen molar-refractivity contribution in [1.82, 2.24) is 0 Å². The average Bonchev–Trinajstić information content (AvgIpc) is 3.05. The third-order valence-electron chi connectivity index (χ3n) is 4.25. The lowest BCUT2D eigenvalue weighted by Gasteiger charge is -2.11. The van der Waals surface area contributed by atoms with Gasteiger partial charge in [-0.25, -0.2) is 4.79 Å². The van der Waals surface area contributed by atoms with Gasteiger partial charge < -0.3 is 14.2 Å². The van der Waals surface area contributed by atoms with Gasteiger partial charge in [-0.3, -0.25) is 10.1 Å². The molecule has 2 aliphatic heterocycles. The third kappa shape index (κ3) is 2.99. The molecule has 9 nitrogen and oxygen atoms in total. The summed E-state index contributed by atoms with van der Waals surface area (Å²) in [5.41, 5.74) is 2.67. The summed E-state index contributed by atoms with van der Waals surface area (Å²) in [5, 5.41) is 19.2. The van der Waals surface area contributed by atoms with Crippen molar-refractivity contribution in [1.29, 1.82) is 0 Å². The second-order valence-electron chi connectivity index (χ2n) is 5.83. The first-order valence-electron chi connectivity index (χ1n) is 7.97. The second kappa shape index (κ2) is 6.52. The van der Waals surface area contributed by atoms with Gasteiger partial charge in [0.1, 0.15) is 5.71 Å². The predicted octanol–water partition coefficient (Wildman–Crippen LogP) is 2.25. The van der Waals surface area contributed by atoms with Gasteiger partial charge in [0.15, 0.2) is 17.2 Å². The molecule has 27 heavy (non-hydrogen) atoms. The lowest BCUT2D eigenvalue weighted by Crippen LogP contribution is -2.18. The minimum absolute atomic E-state index is 0.0300. The number of ether oxygens (including phenoxy) is 3. The Morgan fingerprint density at radius 2 is 1.85 bits per heavy atom. The molecule has 0 aromatic heterocycles. The molecule has 0 radical (unpaired) electrons. The van der Waals surface area contributed by atoms with Gasteiger partial charge >= 0.3 is 5.97 Å². The molecule has 136 valence electrons. The van der Waals surface area contributed by atoms with E-state index >= 15 is 0 Å². The van der Waals surface area contributed by atoms with Crippen LogP contribution >= 0.6 is 0 Å². The highest BCUT2D eigenvalue weighted by Crippen LogP contribution is 2.37. The van der Waals surface area contributed by atoms with E-state index in [1.54, 1.807) is 24.3 Å². The molecule has 0 N–H and O–H groups in total. The van der Waals surface area contributed by atoms with E-state index < -0.39 is 10.9 Å². The lowest BCUT2D eigenvalue weighted by molar-refractivity contribution is -0.384. The molecule has 2 heterocycles. The van der Waals surface area contributed by atoms with Crippen LogP contribution in [0.3, 0.4) is 0 Å². The molecule has 0 spiro atoms. The number of rotatable bonds is 3. The normalized spacial score (nSPS) is 14.6. The Bertz CT molecular complexity index is 1010. The van der Waals surface area contributed by atoms with Gasteiger partial charge in [-0.2, -0.15) is 0 Å². The maximum absolute atomic E-state index is 12.0. The Hall–Kier alpha value is -3.75. The highest BCUT2D eigenvalue weighted by Gasteiger charge is 2.26. The number of hydrogen-bond acceptors (Lipinski definition) is 8. The lowest BCUT2D eigenvalue weighted by atomic mass is 9.94. The van der Waals surface area contributed by atoms with Crippen molar-refractivity contribution in [3.8, 4) is 11.5 Å². The van der Waals surface area contributed by atoms with E-state index in [0.717, 1.165) is 5.56 Å². The van der Waals surface area contributed by atoms with E-state index in [-0.39, 0.29) is 24.6 Å². The van der Waals surface area contributed by atoms with Crippen molar-refractivity contribution in [2.75, 3.05) is 13.9 Å². The van der Waals surface area contributed by atoms with Crippen LogP contribution in [-0.2, 0) is 16.0 Å². The summed E-state index contributed by atoms with van der Waals surface area (Å²) < 4.78 is 15.6. The summed E-state index contributed by atoms with van der Waals surface area (Å²) in [4.78, 5) is 22.4. The molecule has 0 fully saturated rings. The fraction of sp³-hybridized carbons (Fsp3) is 0.167. The van der Waals surface area contributed by atoms with Gasteiger partial charge in [0.2, 0.25) is 6.79 Å². The van der Waals surface area contributed by atoms with E-state index in [0.29, 0.717) is 28.3 Å². The van der Waals surface area contributed by atoms with E-state index in [2.05, 4.69) is 10.2 Å². The summed E-state index contributed by atoms with van der Waals surface area (Å²) in [6.45, 7) is 0.111. The molecule has 0 saturated carbocycles. The summed E-state index contributed by atoms with van der Waals surface area (Å²) in [5.74, 6) is 0.556. The molecule has 0 unspecified atom stereocenters. The Balaban J connectivity index is 1.86. The zero-order chi connectivity index (χ0) is 19.0. The number of non-ortho nitro benzene ring substituents is 1. The van der Waals surface area contributed by atoms with E-state index in [1.165, 1.54) is 19.2 Å². The molecule has 4 rings (SSSR count). The largest absolute Gasteiger partial charge is 0.464 e. The van der Waals surface area contributed by atoms with Gasteiger partial charge in [-0.15, -0.1) is 10.2 Å². The molecule has 0 aliphatic carbocycles. The minimum atomic E-state index is -0.577. The van der Waals surface area contributed by atoms with Crippen LogP contribution in [0.25, 0.3) is 0 Å². The van der Waals surface area contributed by atoms with Crippen LogP contribution in [0.1, 0.15) is 16.7 Å². The van der Waals surface area contributed by atoms with Crippen molar-refractivity contribution in [2.24, 2.45) is 10.2 Å². The Kier molecular flexibility index (Phi) is 4.03. The topological polar surface area (TPSA) is 113 Å². The van der Waals surface area contributed by atoms with Crippen molar-refractivity contribution in [2.45, 2.75) is 6.42 Å². The summed E-state index contributed by atoms with van der Waals surface area (Å²) >= 11 is 0. The quantitative estimate of drug-likeness (QED) is 0.467. The molecule has 2 aromatic rings. The number of carbonyl (C=O) groups is 1. The summed E-state index contributed by atoms with van der Waals surface area (Å²) in [7, 11) is 1.28. The zero-order valence-electron chi connectivity index (χ0n) is 14.2. The molecule has 0 amide bonds. The predicted molar refractivity (Wildman–Crippen MR) is 94.5 cm³/mol. The first-order chi connectivity index (χ1) is 13.1. The first kappa shape index (κ1) is 16.7. The third-order valence-corrected chi connectivity index (χ3v) is 4.25. The van der Waals surface area contributed by atoms with Gasteiger partial charge in [0.25, 0.3) is 5.69 Å². The van der Waals surface area contributed by atoms with Crippen molar-refractivity contribution in [3.05, 3.63) is 63.2 Å². The highest BCUT2D eigenvalue weighted by atomic mass is 16.7. The summed E-state index contributed by atoms with van der Waals surface area (Å²) in [6, 6.07) is 9.50. The number of nitro groups is 1. The van der Waals surface area contributed by atoms with Crippen molar-refractivity contribution in [3.63, 3.8) is 0 Å². The SMILES string of the molecule is COC(=O)C1=NN=C(c2ccc([N+](=O)[O-])cc2)c2cc3c(cc2C1)OCO3. The number of fused-ring (bicyclic) bond motifs is 2. The van der Waals surface area contributed by atoms with Crippen LogP contribution in [0, 0.1) is 10.1 Å². The molecule has 0 atom stereocenters. The van der Waals surface area contributed by atoms with Crippen LogP contribution < -0.4 is 9.47 Å². The van der Waals surface area contributed by atoms with Crippen LogP contribution in [-0.4, -0.2) is 36.2 Å². The number of hydrogen-bond donors (Lipinski definition) is 0. The molecule has 9 heteroatoms. The second-order valence-corrected chi connectivity index (χ2v) is 5.83. The number of carbonyl (C=O) groups excluding carboxylic acids is 1. The number of methoxy groups -OCH3 is 1. The van der Waals surface area contributed by atoms with Gasteiger partial charge in [-0.05, 0) is 29.8 Å². The smallest absolute Gasteiger partial charge is 0.354 e. The Morgan fingerprint density at radius 3 is 2.52 bits per heavy atom. The molecule has 2 aromatic carbocycles. The average molecular weight is 367 g/mol.